The highest BCUT2D eigenvalue weighted by Gasteiger charge is 2.17. The van der Waals surface area contributed by atoms with Gasteiger partial charge in [-0.3, -0.25) is 0 Å². The second-order valence-electron chi connectivity index (χ2n) is 4.84. The van der Waals surface area contributed by atoms with Crippen molar-refractivity contribution in [2.24, 2.45) is 0 Å². The average Bonchev–Trinajstić information content (AvgIpc) is 2.44. The van der Waals surface area contributed by atoms with Gasteiger partial charge in [0.1, 0.15) is 0 Å². The summed E-state index contributed by atoms with van der Waals surface area (Å²) in [5.41, 5.74) is 0.421. The van der Waals surface area contributed by atoms with Crippen LogP contribution in [0.2, 0.25) is 0 Å². The Morgan fingerprint density at radius 1 is 1.30 bits per heavy atom. The van der Waals surface area contributed by atoms with Crippen molar-refractivity contribution in [3.05, 3.63) is 35.4 Å². The van der Waals surface area contributed by atoms with E-state index in [2.05, 4.69) is 23.5 Å². The molecule has 1 unspecified atom stereocenters. The van der Waals surface area contributed by atoms with Crippen molar-refractivity contribution in [2.45, 2.75) is 19.4 Å². The van der Waals surface area contributed by atoms with Crippen molar-refractivity contribution in [3.8, 4) is 0 Å². The Morgan fingerprint density at radius 3 is 2.70 bits per heavy atom. The zero-order chi connectivity index (χ0) is 15.0. The van der Waals surface area contributed by atoms with Gasteiger partial charge in [0.2, 0.25) is 0 Å². The summed E-state index contributed by atoms with van der Waals surface area (Å²) in [5, 5.41) is 3.24. The second kappa shape index (κ2) is 9.32. The summed E-state index contributed by atoms with van der Waals surface area (Å²) in [6.07, 6.45) is 2.84. The Labute approximate surface area is 124 Å². The molecule has 1 N–H and O–H groups in total. The van der Waals surface area contributed by atoms with E-state index in [0.29, 0.717) is 5.56 Å². The molecule has 0 bridgehead atoms. The van der Waals surface area contributed by atoms with Gasteiger partial charge < -0.3 is 10.2 Å². The summed E-state index contributed by atoms with van der Waals surface area (Å²) >= 11 is 1.81. The highest BCUT2D eigenvalue weighted by atomic mass is 32.2. The van der Waals surface area contributed by atoms with Gasteiger partial charge in [0, 0.05) is 23.9 Å². The summed E-state index contributed by atoms with van der Waals surface area (Å²) in [7, 11) is 2.06. The van der Waals surface area contributed by atoms with Crippen molar-refractivity contribution in [1.82, 2.24) is 10.2 Å². The van der Waals surface area contributed by atoms with Crippen LogP contribution in [-0.4, -0.2) is 43.6 Å². The van der Waals surface area contributed by atoms with Gasteiger partial charge in [0.15, 0.2) is 11.6 Å². The standard InChI is InChI=1S/C15H24F2N2S/c1-4-18-14(8-9-19(2)10-11-20-3)12-6-5-7-13(16)15(12)17/h5-7,14,18H,4,8-11H2,1-3H3. The summed E-state index contributed by atoms with van der Waals surface area (Å²) in [6.45, 7) is 4.57. The number of benzene rings is 1. The minimum Gasteiger partial charge on any atom is -0.310 e. The number of nitrogens with one attached hydrogen (secondary N) is 1. The summed E-state index contributed by atoms with van der Waals surface area (Å²) in [6, 6.07) is 4.24. The molecule has 0 radical (unpaired) electrons. The maximum Gasteiger partial charge on any atom is 0.163 e. The lowest BCUT2D eigenvalue weighted by Crippen LogP contribution is -2.29. The van der Waals surface area contributed by atoms with Crippen LogP contribution in [0, 0.1) is 11.6 Å². The van der Waals surface area contributed by atoms with Gasteiger partial charge in [-0.05, 0) is 38.9 Å². The lowest BCUT2D eigenvalue weighted by Gasteiger charge is -2.23. The van der Waals surface area contributed by atoms with Crippen LogP contribution in [0.5, 0.6) is 0 Å². The molecule has 114 valence electrons. The lowest BCUT2D eigenvalue weighted by molar-refractivity contribution is 0.321. The molecule has 0 heterocycles. The average molecular weight is 302 g/mol. The molecule has 0 fully saturated rings. The van der Waals surface area contributed by atoms with Crippen LogP contribution in [0.1, 0.15) is 24.9 Å². The van der Waals surface area contributed by atoms with Gasteiger partial charge in [-0.15, -0.1) is 0 Å². The van der Waals surface area contributed by atoms with Gasteiger partial charge in [0.05, 0.1) is 0 Å². The Morgan fingerprint density at radius 2 is 2.05 bits per heavy atom. The largest absolute Gasteiger partial charge is 0.310 e. The molecule has 0 saturated carbocycles. The van der Waals surface area contributed by atoms with Gasteiger partial charge in [0.25, 0.3) is 0 Å². The molecule has 0 saturated heterocycles. The van der Waals surface area contributed by atoms with Crippen LogP contribution in [0.4, 0.5) is 8.78 Å². The molecule has 1 rings (SSSR count). The Bertz CT molecular complexity index is 401. The van der Waals surface area contributed by atoms with E-state index in [4.69, 9.17) is 0 Å². The van der Waals surface area contributed by atoms with Crippen LogP contribution in [0.3, 0.4) is 0 Å². The van der Waals surface area contributed by atoms with Gasteiger partial charge in [-0.2, -0.15) is 11.8 Å². The third-order valence-electron chi connectivity index (χ3n) is 3.28. The molecule has 0 aliphatic rings. The van der Waals surface area contributed by atoms with E-state index >= 15 is 0 Å². The molecule has 2 nitrogen and oxygen atoms in total. The molecular weight excluding hydrogens is 278 g/mol. The van der Waals surface area contributed by atoms with E-state index in [1.165, 1.54) is 0 Å². The molecule has 1 atom stereocenters. The Balaban J connectivity index is 2.66. The number of nitrogens with zero attached hydrogens (tertiary/aromatic N) is 1. The van der Waals surface area contributed by atoms with Crippen molar-refractivity contribution in [1.29, 1.82) is 0 Å². The minimum atomic E-state index is -0.777. The van der Waals surface area contributed by atoms with E-state index in [1.807, 2.05) is 18.7 Å². The highest BCUT2D eigenvalue weighted by molar-refractivity contribution is 7.98. The maximum atomic E-state index is 13.9. The van der Waals surface area contributed by atoms with Crippen LogP contribution >= 0.6 is 11.8 Å². The number of hydrogen-bond donors (Lipinski definition) is 1. The molecule has 0 aromatic heterocycles. The quantitative estimate of drug-likeness (QED) is 0.753. The summed E-state index contributed by atoms with van der Waals surface area (Å²) in [5.74, 6) is -0.428. The van der Waals surface area contributed by atoms with Gasteiger partial charge in [-0.1, -0.05) is 19.1 Å². The van der Waals surface area contributed by atoms with Crippen LogP contribution in [0.15, 0.2) is 18.2 Å². The summed E-state index contributed by atoms with van der Waals surface area (Å²) < 4.78 is 27.2. The zero-order valence-corrected chi connectivity index (χ0v) is 13.3. The van der Waals surface area contributed by atoms with E-state index in [0.717, 1.165) is 37.9 Å². The van der Waals surface area contributed by atoms with E-state index in [-0.39, 0.29) is 6.04 Å². The molecule has 20 heavy (non-hydrogen) atoms. The fourth-order valence-corrected chi connectivity index (χ4v) is 2.61. The SMILES string of the molecule is CCNC(CCN(C)CCSC)c1cccc(F)c1F. The molecule has 0 amide bonds. The van der Waals surface area contributed by atoms with Gasteiger partial charge in [-0.25, -0.2) is 8.78 Å². The van der Waals surface area contributed by atoms with Crippen LogP contribution in [-0.2, 0) is 0 Å². The smallest absolute Gasteiger partial charge is 0.163 e. The zero-order valence-electron chi connectivity index (χ0n) is 12.5. The third kappa shape index (κ3) is 5.38. The van der Waals surface area contributed by atoms with E-state index in [9.17, 15) is 8.78 Å². The topological polar surface area (TPSA) is 15.3 Å². The number of rotatable bonds is 9. The van der Waals surface area contributed by atoms with Crippen LogP contribution in [0.25, 0.3) is 0 Å². The van der Waals surface area contributed by atoms with E-state index < -0.39 is 11.6 Å². The number of halogens is 2. The molecule has 5 heteroatoms. The molecule has 0 aliphatic heterocycles. The molecular formula is C15H24F2N2S. The second-order valence-corrected chi connectivity index (χ2v) is 5.82. The van der Waals surface area contributed by atoms with E-state index in [1.54, 1.807) is 12.1 Å². The molecule has 0 spiro atoms. The first-order chi connectivity index (χ1) is 9.60. The third-order valence-corrected chi connectivity index (χ3v) is 3.87. The lowest BCUT2D eigenvalue weighted by atomic mass is 10.0. The monoisotopic (exact) mass is 302 g/mol. The van der Waals surface area contributed by atoms with Crippen molar-refractivity contribution >= 4 is 11.8 Å². The molecule has 1 aromatic carbocycles. The Hall–Kier alpha value is -0.650. The van der Waals surface area contributed by atoms with Gasteiger partial charge >= 0.3 is 0 Å². The first-order valence-corrected chi connectivity index (χ1v) is 8.34. The maximum absolute atomic E-state index is 13.9. The first kappa shape index (κ1) is 17.4. The highest BCUT2D eigenvalue weighted by Crippen LogP contribution is 2.22. The fourth-order valence-electron chi connectivity index (χ4n) is 2.11. The molecule has 0 aliphatic carbocycles. The fraction of sp³-hybridized carbons (Fsp3) is 0.600. The number of hydrogen-bond acceptors (Lipinski definition) is 3. The number of thioether (sulfide) groups is 1. The molecule has 1 aromatic rings. The first-order valence-electron chi connectivity index (χ1n) is 6.94. The van der Waals surface area contributed by atoms with Crippen molar-refractivity contribution < 1.29 is 8.78 Å². The summed E-state index contributed by atoms with van der Waals surface area (Å²) in [4.78, 5) is 2.22. The minimum absolute atomic E-state index is 0.146. The van der Waals surface area contributed by atoms with Crippen LogP contribution < -0.4 is 5.32 Å². The normalized spacial score (nSPS) is 12.9. The predicted molar refractivity (Wildman–Crippen MR) is 83.3 cm³/mol. The van der Waals surface area contributed by atoms with Crippen molar-refractivity contribution in [3.63, 3.8) is 0 Å². The Kier molecular flexibility index (Phi) is 8.11. The van der Waals surface area contributed by atoms with Crippen molar-refractivity contribution in [2.75, 3.05) is 38.7 Å². The predicted octanol–water partition coefficient (Wildman–Crippen LogP) is 3.30.